The molecule has 0 aliphatic carbocycles. The van der Waals surface area contributed by atoms with Gasteiger partial charge in [-0.25, -0.2) is 9.97 Å². The standard InChI is InChI=1S/C12H18N4S/c1-3-9-5-4-6-16(9)12-14-8(2)7-10(15-12)11(13)17/h7,9H,3-6H2,1-2H3,(H2,13,17). The third-order valence-electron chi connectivity index (χ3n) is 3.20. The van der Waals surface area contributed by atoms with E-state index in [0.29, 0.717) is 16.7 Å². The SMILES string of the molecule is CCC1CCCN1c1nc(C)cc(C(N)=S)n1. The molecule has 0 radical (unpaired) electrons. The van der Waals surface area contributed by atoms with Gasteiger partial charge in [-0.3, -0.25) is 0 Å². The number of aromatic nitrogens is 2. The number of thiocarbonyl (C=S) groups is 1. The van der Waals surface area contributed by atoms with E-state index in [9.17, 15) is 0 Å². The minimum Gasteiger partial charge on any atom is -0.388 e. The summed E-state index contributed by atoms with van der Waals surface area (Å²) in [6, 6.07) is 2.39. The zero-order valence-electron chi connectivity index (χ0n) is 10.3. The molecule has 1 aliphatic heterocycles. The summed E-state index contributed by atoms with van der Waals surface area (Å²) in [5.41, 5.74) is 7.23. The van der Waals surface area contributed by atoms with Gasteiger partial charge in [-0.05, 0) is 32.3 Å². The van der Waals surface area contributed by atoms with Gasteiger partial charge in [0.05, 0.1) is 0 Å². The van der Waals surface area contributed by atoms with Crippen LogP contribution in [0.1, 0.15) is 37.6 Å². The van der Waals surface area contributed by atoms with Crippen molar-refractivity contribution in [1.82, 2.24) is 9.97 Å². The zero-order valence-corrected chi connectivity index (χ0v) is 11.1. The highest BCUT2D eigenvalue weighted by Crippen LogP contribution is 2.24. The molecule has 0 saturated carbocycles. The van der Waals surface area contributed by atoms with E-state index in [-0.39, 0.29) is 0 Å². The molecule has 1 aliphatic rings. The van der Waals surface area contributed by atoms with E-state index < -0.39 is 0 Å². The average Bonchev–Trinajstić information content (AvgIpc) is 2.76. The number of rotatable bonds is 3. The average molecular weight is 250 g/mol. The highest BCUT2D eigenvalue weighted by Gasteiger charge is 2.25. The predicted molar refractivity (Wildman–Crippen MR) is 73.3 cm³/mol. The fraction of sp³-hybridized carbons (Fsp3) is 0.583. The van der Waals surface area contributed by atoms with Crippen LogP contribution < -0.4 is 10.6 Å². The lowest BCUT2D eigenvalue weighted by Crippen LogP contribution is -2.31. The first-order valence-electron chi connectivity index (χ1n) is 6.04. The molecule has 17 heavy (non-hydrogen) atoms. The number of anilines is 1. The monoisotopic (exact) mass is 250 g/mol. The zero-order chi connectivity index (χ0) is 12.4. The van der Waals surface area contributed by atoms with Crippen molar-refractivity contribution in [2.75, 3.05) is 11.4 Å². The van der Waals surface area contributed by atoms with Crippen LogP contribution in [0.5, 0.6) is 0 Å². The lowest BCUT2D eigenvalue weighted by Gasteiger charge is -2.24. The summed E-state index contributed by atoms with van der Waals surface area (Å²) in [6.07, 6.45) is 3.55. The van der Waals surface area contributed by atoms with Crippen molar-refractivity contribution in [2.24, 2.45) is 5.73 Å². The molecule has 92 valence electrons. The summed E-state index contributed by atoms with van der Waals surface area (Å²) in [5.74, 6) is 0.775. The summed E-state index contributed by atoms with van der Waals surface area (Å²) in [4.78, 5) is 11.6. The Balaban J connectivity index is 2.34. The molecule has 1 fully saturated rings. The van der Waals surface area contributed by atoms with Gasteiger partial charge in [0.2, 0.25) is 5.95 Å². The molecule has 1 atom stereocenters. The number of nitrogens with two attached hydrogens (primary N) is 1. The molecule has 0 spiro atoms. The third kappa shape index (κ3) is 2.54. The van der Waals surface area contributed by atoms with Gasteiger partial charge in [-0.15, -0.1) is 0 Å². The quantitative estimate of drug-likeness (QED) is 0.829. The predicted octanol–water partition coefficient (Wildman–Crippen LogP) is 1.80. The normalized spacial score (nSPS) is 19.6. The van der Waals surface area contributed by atoms with Crippen molar-refractivity contribution in [3.8, 4) is 0 Å². The summed E-state index contributed by atoms with van der Waals surface area (Å²) >= 11 is 4.98. The lowest BCUT2D eigenvalue weighted by molar-refractivity contribution is 0.633. The molecule has 5 heteroatoms. The molecule has 4 nitrogen and oxygen atoms in total. The second kappa shape index (κ2) is 4.96. The van der Waals surface area contributed by atoms with E-state index in [1.807, 2.05) is 13.0 Å². The van der Waals surface area contributed by atoms with E-state index in [2.05, 4.69) is 21.8 Å². The van der Waals surface area contributed by atoms with Gasteiger partial charge >= 0.3 is 0 Å². The van der Waals surface area contributed by atoms with Crippen LogP contribution in [0.4, 0.5) is 5.95 Å². The minimum absolute atomic E-state index is 0.337. The van der Waals surface area contributed by atoms with Gasteiger partial charge in [-0.2, -0.15) is 0 Å². The third-order valence-corrected chi connectivity index (χ3v) is 3.41. The van der Waals surface area contributed by atoms with E-state index in [1.54, 1.807) is 0 Å². The molecule has 2 heterocycles. The van der Waals surface area contributed by atoms with Crippen LogP contribution in [-0.2, 0) is 0 Å². The number of hydrogen-bond acceptors (Lipinski definition) is 4. The van der Waals surface area contributed by atoms with E-state index in [0.717, 1.165) is 24.6 Å². The second-order valence-corrected chi connectivity index (χ2v) is 4.90. The summed E-state index contributed by atoms with van der Waals surface area (Å²) in [7, 11) is 0. The Labute approximate surface area is 107 Å². The van der Waals surface area contributed by atoms with Crippen LogP contribution in [0.3, 0.4) is 0 Å². The highest BCUT2D eigenvalue weighted by atomic mass is 32.1. The molecule has 0 bridgehead atoms. The van der Waals surface area contributed by atoms with Crippen molar-refractivity contribution in [1.29, 1.82) is 0 Å². The molecule has 1 unspecified atom stereocenters. The van der Waals surface area contributed by atoms with E-state index in [1.165, 1.54) is 12.8 Å². The molecule has 2 N–H and O–H groups in total. The molecule has 0 amide bonds. The Morgan fingerprint density at radius 1 is 1.59 bits per heavy atom. The Bertz CT molecular complexity index is 433. The van der Waals surface area contributed by atoms with Gasteiger partial charge in [0, 0.05) is 18.3 Å². The summed E-state index contributed by atoms with van der Waals surface area (Å²) in [5, 5.41) is 0. The molecule has 1 saturated heterocycles. The molecule has 2 rings (SSSR count). The van der Waals surface area contributed by atoms with Crippen LogP contribution in [0.2, 0.25) is 0 Å². The molecule has 0 aromatic carbocycles. The summed E-state index contributed by atoms with van der Waals surface area (Å²) < 4.78 is 0. The minimum atomic E-state index is 0.337. The van der Waals surface area contributed by atoms with Crippen LogP contribution in [0.15, 0.2) is 6.07 Å². The topological polar surface area (TPSA) is 55.0 Å². The largest absolute Gasteiger partial charge is 0.388 e. The highest BCUT2D eigenvalue weighted by molar-refractivity contribution is 7.80. The van der Waals surface area contributed by atoms with Crippen molar-refractivity contribution >= 4 is 23.2 Å². The lowest BCUT2D eigenvalue weighted by atomic mass is 10.2. The van der Waals surface area contributed by atoms with E-state index in [4.69, 9.17) is 18.0 Å². The van der Waals surface area contributed by atoms with Crippen LogP contribution in [0, 0.1) is 6.92 Å². The molecule has 1 aromatic heterocycles. The van der Waals surface area contributed by atoms with Gasteiger partial charge in [0.25, 0.3) is 0 Å². The number of hydrogen-bond donors (Lipinski definition) is 1. The van der Waals surface area contributed by atoms with Crippen molar-refractivity contribution < 1.29 is 0 Å². The maximum atomic E-state index is 5.64. The Hall–Kier alpha value is -1.23. The van der Waals surface area contributed by atoms with Crippen molar-refractivity contribution in [3.63, 3.8) is 0 Å². The number of nitrogens with zero attached hydrogens (tertiary/aromatic N) is 3. The van der Waals surface area contributed by atoms with Crippen LogP contribution in [-0.4, -0.2) is 27.5 Å². The maximum Gasteiger partial charge on any atom is 0.226 e. The first-order chi connectivity index (χ1) is 8.11. The molecular weight excluding hydrogens is 232 g/mol. The first-order valence-corrected chi connectivity index (χ1v) is 6.44. The van der Waals surface area contributed by atoms with Gasteiger partial charge in [0.15, 0.2) is 0 Å². The van der Waals surface area contributed by atoms with Gasteiger partial charge in [0.1, 0.15) is 10.7 Å². The fourth-order valence-corrected chi connectivity index (χ4v) is 2.44. The van der Waals surface area contributed by atoms with E-state index >= 15 is 0 Å². The number of aryl methyl sites for hydroxylation is 1. The maximum absolute atomic E-state index is 5.64. The van der Waals surface area contributed by atoms with Crippen molar-refractivity contribution in [2.45, 2.75) is 39.2 Å². The van der Waals surface area contributed by atoms with Crippen LogP contribution >= 0.6 is 12.2 Å². The van der Waals surface area contributed by atoms with Crippen LogP contribution in [0.25, 0.3) is 0 Å². The molecular formula is C12H18N4S. The van der Waals surface area contributed by atoms with Gasteiger partial charge < -0.3 is 10.6 Å². The Morgan fingerprint density at radius 3 is 3.00 bits per heavy atom. The summed E-state index contributed by atoms with van der Waals surface area (Å²) in [6.45, 7) is 5.18. The fourth-order valence-electron chi connectivity index (χ4n) is 2.33. The Morgan fingerprint density at radius 2 is 2.35 bits per heavy atom. The second-order valence-electron chi connectivity index (χ2n) is 4.46. The Kier molecular flexibility index (Phi) is 3.57. The van der Waals surface area contributed by atoms with Gasteiger partial charge in [-0.1, -0.05) is 19.1 Å². The smallest absolute Gasteiger partial charge is 0.226 e. The van der Waals surface area contributed by atoms with Crippen molar-refractivity contribution in [3.05, 3.63) is 17.5 Å². The molecule has 1 aromatic rings. The first kappa shape index (κ1) is 12.2.